The molecule has 0 saturated carbocycles. The van der Waals surface area contributed by atoms with Gasteiger partial charge in [-0.2, -0.15) is 0 Å². The first-order valence-electron chi connectivity index (χ1n) is 4.66. The zero-order valence-corrected chi connectivity index (χ0v) is 8.03. The van der Waals surface area contributed by atoms with Crippen molar-refractivity contribution in [2.45, 2.75) is 19.3 Å². The van der Waals surface area contributed by atoms with Crippen molar-refractivity contribution in [1.29, 1.82) is 0 Å². The Morgan fingerprint density at radius 2 is 2.43 bits per heavy atom. The summed E-state index contributed by atoms with van der Waals surface area (Å²) >= 11 is 0. The van der Waals surface area contributed by atoms with Crippen LogP contribution in [0.1, 0.15) is 25.0 Å². The molecule has 0 fully saturated rings. The first-order valence-corrected chi connectivity index (χ1v) is 4.66. The molecule has 1 aliphatic carbocycles. The van der Waals surface area contributed by atoms with Gasteiger partial charge in [0.1, 0.15) is 0 Å². The molecule has 0 aromatic carbocycles. The molecule has 0 spiro atoms. The number of aromatic nitrogens is 2. The van der Waals surface area contributed by atoms with Crippen molar-refractivity contribution in [2.75, 3.05) is 0 Å². The van der Waals surface area contributed by atoms with Gasteiger partial charge in [0.05, 0.1) is 0 Å². The van der Waals surface area contributed by atoms with Crippen molar-refractivity contribution in [3.8, 4) is 0 Å². The van der Waals surface area contributed by atoms with Crippen LogP contribution in [0.25, 0.3) is 0 Å². The van der Waals surface area contributed by atoms with E-state index in [0.717, 1.165) is 12.1 Å². The molecule has 1 N–H and O–H groups in total. The summed E-state index contributed by atoms with van der Waals surface area (Å²) in [6, 6.07) is 1.85. The maximum Gasteiger partial charge on any atom is 0.345 e. The van der Waals surface area contributed by atoms with E-state index in [1.807, 2.05) is 6.07 Å². The number of H-pyrrole nitrogens is 1. The van der Waals surface area contributed by atoms with E-state index in [0.29, 0.717) is 0 Å². The van der Waals surface area contributed by atoms with E-state index >= 15 is 0 Å². The molecule has 14 heavy (non-hydrogen) atoms. The van der Waals surface area contributed by atoms with E-state index in [1.54, 1.807) is 6.20 Å². The smallest absolute Gasteiger partial charge is 0.309 e. The van der Waals surface area contributed by atoms with Crippen LogP contribution in [0.3, 0.4) is 0 Å². The maximum atomic E-state index is 11.0. The minimum atomic E-state index is -0.283. The molecule has 0 bridgehead atoms. The van der Waals surface area contributed by atoms with Crippen molar-refractivity contribution in [2.24, 2.45) is 0 Å². The molecule has 2 rings (SSSR count). The maximum absolute atomic E-state index is 11.0. The summed E-state index contributed by atoms with van der Waals surface area (Å²) in [6.07, 6.45) is 8.92. The van der Waals surface area contributed by atoms with E-state index < -0.39 is 0 Å². The zero-order chi connectivity index (χ0) is 9.97. The van der Waals surface area contributed by atoms with Gasteiger partial charge in [-0.05, 0) is 19.4 Å². The molecule has 1 heterocycles. The Labute approximate surface area is 82.2 Å². The molecular formula is C11H12N2O. The van der Waals surface area contributed by atoms with E-state index in [9.17, 15) is 4.79 Å². The van der Waals surface area contributed by atoms with E-state index in [2.05, 4.69) is 35.1 Å². The molecular weight excluding hydrogens is 176 g/mol. The third-order valence-electron chi connectivity index (χ3n) is 2.43. The second kappa shape index (κ2) is 3.62. The lowest BCUT2D eigenvalue weighted by atomic mass is 9.92. The molecule has 3 nitrogen and oxygen atoms in total. The Bertz CT molecular complexity index is 443. The Balaban J connectivity index is 2.39. The van der Waals surface area contributed by atoms with Crippen LogP contribution in [0.5, 0.6) is 0 Å². The third-order valence-corrected chi connectivity index (χ3v) is 2.43. The normalized spacial score (nSPS) is 20.6. The number of rotatable bonds is 1. The van der Waals surface area contributed by atoms with Gasteiger partial charge in [-0.3, -0.25) is 0 Å². The fourth-order valence-electron chi connectivity index (χ4n) is 1.66. The van der Waals surface area contributed by atoms with Crippen molar-refractivity contribution in [3.05, 3.63) is 52.2 Å². The first kappa shape index (κ1) is 8.94. The lowest BCUT2D eigenvalue weighted by Gasteiger charge is -2.16. The number of aromatic amines is 1. The van der Waals surface area contributed by atoms with Gasteiger partial charge in [-0.1, -0.05) is 23.8 Å². The lowest BCUT2D eigenvalue weighted by molar-refractivity contribution is 0.869. The van der Waals surface area contributed by atoms with E-state index in [1.165, 1.54) is 5.57 Å². The van der Waals surface area contributed by atoms with E-state index in [-0.39, 0.29) is 11.6 Å². The molecule has 0 amide bonds. The number of hydrogen-bond donors (Lipinski definition) is 1. The molecule has 3 heteroatoms. The standard InChI is InChI=1S/C11H12N2O/c1-8-4-2-3-5-9(8)10-6-7-12-11(14)13-10/h3-7,9H,2H2,1H3,(H,12,13,14). The molecule has 0 radical (unpaired) electrons. The van der Waals surface area contributed by atoms with Gasteiger partial charge in [0, 0.05) is 17.8 Å². The Morgan fingerprint density at radius 1 is 1.57 bits per heavy atom. The molecule has 1 atom stereocenters. The molecule has 72 valence electrons. The summed E-state index contributed by atoms with van der Waals surface area (Å²) in [5, 5.41) is 0. The monoisotopic (exact) mass is 188 g/mol. The Hall–Kier alpha value is -1.64. The average molecular weight is 188 g/mol. The minimum absolute atomic E-state index is 0.208. The van der Waals surface area contributed by atoms with Crippen LogP contribution in [0.2, 0.25) is 0 Å². The highest BCUT2D eigenvalue weighted by molar-refractivity contribution is 5.30. The van der Waals surface area contributed by atoms with Gasteiger partial charge in [-0.25, -0.2) is 9.78 Å². The van der Waals surface area contributed by atoms with Crippen LogP contribution in [0, 0.1) is 0 Å². The highest BCUT2D eigenvalue weighted by Gasteiger charge is 2.12. The Morgan fingerprint density at radius 3 is 3.14 bits per heavy atom. The number of nitrogens with zero attached hydrogens (tertiary/aromatic N) is 1. The largest absolute Gasteiger partial charge is 0.345 e. The Kier molecular flexibility index (Phi) is 2.31. The van der Waals surface area contributed by atoms with Crippen molar-refractivity contribution in [1.82, 2.24) is 9.97 Å². The highest BCUT2D eigenvalue weighted by Crippen LogP contribution is 2.26. The summed E-state index contributed by atoms with van der Waals surface area (Å²) < 4.78 is 0. The van der Waals surface area contributed by atoms with Crippen molar-refractivity contribution >= 4 is 0 Å². The first-order chi connectivity index (χ1) is 6.77. The predicted octanol–water partition coefficient (Wildman–Crippen LogP) is 1.76. The topological polar surface area (TPSA) is 45.8 Å². The fourth-order valence-corrected chi connectivity index (χ4v) is 1.66. The van der Waals surface area contributed by atoms with Gasteiger partial charge >= 0.3 is 5.69 Å². The summed E-state index contributed by atoms with van der Waals surface area (Å²) in [4.78, 5) is 17.4. The third kappa shape index (κ3) is 1.66. The number of hydrogen-bond acceptors (Lipinski definition) is 2. The van der Waals surface area contributed by atoms with Gasteiger partial charge < -0.3 is 4.98 Å². The zero-order valence-electron chi connectivity index (χ0n) is 8.03. The van der Waals surface area contributed by atoms with Crippen molar-refractivity contribution in [3.63, 3.8) is 0 Å². The van der Waals surface area contributed by atoms with Gasteiger partial charge in [0.15, 0.2) is 0 Å². The van der Waals surface area contributed by atoms with Crippen LogP contribution < -0.4 is 5.69 Å². The quantitative estimate of drug-likeness (QED) is 0.682. The molecule has 1 aliphatic rings. The fraction of sp³-hybridized carbons (Fsp3) is 0.273. The van der Waals surface area contributed by atoms with Crippen LogP contribution in [0.15, 0.2) is 40.9 Å². The highest BCUT2D eigenvalue weighted by atomic mass is 16.1. The van der Waals surface area contributed by atoms with E-state index in [4.69, 9.17) is 0 Å². The molecule has 0 saturated heterocycles. The molecule has 1 unspecified atom stereocenters. The molecule has 1 aromatic rings. The number of nitrogens with one attached hydrogen (secondary N) is 1. The van der Waals surface area contributed by atoms with Crippen LogP contribution in [0.4, 0.5) is 0 Å². The molecule has 0 aliphatic heterocycles. The van der Waals surface area contributed by atoms with Gasteiger partial charge in [0.2, 0.25) is 0 Å². The van der Waals surface area contributed by atoms with Crippen LogP contribution in [-0.2, 0) is 0 Å². The minimum Gasteiger partial charge on any atom is -0.309 e. The number of allylic oxidation sites excluding steroid dienone is 4. The summed E-state index contributed by atoms with van der Waals surface area (Å²) in [6.45, 7) is 2.08. The SMILES string of the molecule is CC1=CCC=CC1c1ccnc(=O)[nH]1. The average Bonchev–Trinajstić information content (AvgIpc) is 2.18. The summed E-state index contributed by atoms with van der Waals surface area (Å²) in [7, 11) is 0. The second-order valence-electron chi connectivity index (χ2n) is 3.42. The lowest BCUT2D eigenvalue weighted by Crippen LogP contribution is -2.14. The summed E-state index contributed by atoms with van der Waals surface area (Å²) in [5.41, 5.74) is 1.90. The van der Waals surface area contributed by atoms with Gasteiger partial charge in [-0.15, -0.1) is 0 Å². The van der Waals surface area contributed by atoms with Crippen LogP contribution in [-0.4, -0.2) is 9.97 Å². The van der Waals surface area contributed by atoms with Crippen LogP contribution >= 0.6 is 0 Å². The predicted molar refractivity (Wildman–Crippen MR) is 55.1 cm³/mol. The van der Waals surface area contributed by atoms with Crippen molar-refractivity contribution < 1.29 is 0 Å². The summed E-state index contributed by atoms with van der Waals surface area (Å²) in [5.74, 6) is 0.208. The molecule has 1 aromatic heterocycles. The second-order valence-corrected chi connectivity index (χ2v) is 3.42. The van der Waals surface area contributed by atoms with Gasteiger partial charge in [0.25, 0.3) is 0 Å².